The summed E-state index contributed by atoms with van der Waals surface area (Å²) in [5.41, 5.74) is 0. The summed E-state index contributed by atoms with van der Waals surface area (Å²) in [6, 6.07) is 0. The Bertz CT molecular complexity index is 984. The minimum atomic E-state index is -9.14. The van der Waals surface area contributed by atoms with Crippen molar-refractivity contribution >= 4 is 10.0 Å². The molecule has 25 heteroatoms. The Kier molecular flexibility index (Phi) is 9.43. The summed E-state index contributed by atoms with van der Waals surface area (Å²) in [4.78, 5) is 0. The first-order valence-electron chi connectivity index (χ1n) is 9.08. The molecule has 0 rings (SSSR count). The van der Waals surface area contributed by atoms with Crippen molar-refractivity contribution in [3.05, 3.63) is 5.21 Å². The third-order valence-electron chi connectivity index (χ3n) is 4.59. The Labute approximate surface area is 204 Å². The number of alkyl halides is 19. The summed E-state index contributed by atoms with van der Waals surface area (Å²) in [7, 11) is -5.76. The molecule has 0 aromatic carbocycles. The van der Waals surface area contributed by atoms with Gasteiger partial charge in [0.05, 0.1) is 20.6 Å². The fourth-order valence-corrected chi connectivity index (χ4v) is 3.33. The standard InChI is InChI=1S/C14H13F19N2O3S/c1-35(2,36)5-3-4-34-39(37,38)14(32,33)12(27,28)10(23,24)8(19,20)6(15,16)7(17,18)9(21,22)11(25,26)13(29,30)31/h34H,3-5H2,1-2H3. The van der Waals surface area contributed by atoms with Gasteiger partial charge in [-0.2, -0.15) is 83.4 Å². The molecule has 0 heterocycles. The van der Waals surface area contributed by atoms with E-state index >= 15 is 0 Å². The maximum absolute atomic E-state index is 13.8. The highest BCUT2D eigenvalue weighted by Crippen LogP contribution is 2.65. The second kappa shape index (κ2) is 9.80. The van der Waals surface area contributed by atoms with Crippen LogP contribution in [0.3, 0.4) is 0 Å². The molecule has 0 aromatic rings. The van der Waals surface area contributed by atoms with E-state index < -0.39 is 87.1 Å². The largest absolute Gasteiger partial charge is 0.633 e. The highest BCUT2D eigenvalue weighted by atomic mass is 32.2. The average molecular weight is 650 g/mol. The molecule has 0 saturated carbocycles. The van der Waals surface area contributed by atoms with Crippen LogP contribution in [0.2, 0.25) is 0 Å². The topological polar surface area (TPSA) is 69.2 Å². The normalized spacial score (nSPS) is 16.6. The number of halogens is 19. The molecule has 5 nitrogen and oxygen atoms in total. The van der Waals surface area contributed by atoms with Gasteiger partial charge in [0.1, 0.15) is 0 Å². The van der Waals surface area contributed by atoms with Gasteiger partial charge in [-0.05, 0) is 0 Å². The van der Waals surface area contributed by atoms with Crippen molar-refractivity contribution in [2.75, 3.05) is 27.2 Å². The number of hydrogen-bond donors (Lipinski definition) is 1. The van der Waals surface area contributed by atoms with Gasteiger partial charge in [0, 0.05) is 13.0 Å². The molecule has 39 heavy (non-hydrogen) atoms. The molecular weight excluding hydrogens is 637 g/mol. The number of quaternary nitrogens is 1. The second-order valence-corrected chi connectivity index (χ2v) is 9.89. The monoisotopic (exact) mass is 650 g/mol. The molecular formula is C14H13F19N2O3S. The van der Waals surface area contributed by atoms with Crippen LogP contribution < -0.4 is 4.72 Å². The van der Waals surface area contributed by atoms with E-state index in [1.807, 2.05) is 0 Å². The predicted octanol–water partition coefficient (Wildman–Crippen LogP) is 5.47. The quantitative estimate of drug-likeness (QED) is 0.125. The second-order valence-electron chi connectivity index (χ2n) is 8.08. The van der Waals surface area contributed by atoms with Gasteiger partial charge in [-0.25, -0.2) is 13.1 Å². The van der Waals surface area contributed by atoms with E-state index in [-0.39, 0.29) is 0 Å². The lowest BCUT2D eigenvalue weighted by Crippen LogP contribution is -2.76. The van der Waals surface area contributed by atoms with Crippen LogP contribution in [0.5, 0.6) is 0 Å². The number of hydrogen-bond acceptors (Lipinski definition) is 3. The summed E-state index contributed by atoms with van der Waals surface area (Å²) in [6.07, 6.45) is -8.87. The van der Waals surface area contributed by atoms with Crippen LogP contribution in [0, 0.1) is 5.21 Å². The Hall–Kier alpha value is -1.50. The summed E-state index contributed by atoms with van der Waals surface area (Å²) >= 11 is 0. The Balaban J connectivity index is 6.75. The van der Waals surface area contributed by atoms with Crippen molar-refractivity contribution in [2.24, 2.45) is 0 Å². The number of rotatable bonds is 13. The van der Waals surface area contributed by atoms with Gasteiger partial charge >= 0.3 is 52.9 Å². The Morgan fingerprint density at radius 3 is 1.13 bits per heavy atom. The van der Waals surface area contributed by atoms with Crippen LogP contribution >= 0.6 is 0 Å². The summed E-state index contributed by atoms with van der Waals surface area (Å²) in [6.45, 7) is -2.26. The zero-order valence-corrected chi connectivity index (χ0v) is 19.2. The van der Waals surface area contributed by atoms with Crippen LogP contribution in [0.4, 0.5) is 83.4 Å². The van der Waals surface area contributed by atoms with Crippen molar-refractivity contribution < 1.29 is 96.5 Å². The molecule has 0 aromatic heterocycles. The SMILES string of the molecule is C[N+](C)([O-])CCCNS(=O)(=O)C(F)(F)C(F)(F)C(F)(F)C(F)(F)C(F)(F)C(F)(F)C(F)(F)C(F)(F)C(F)(F)F. The number of nitrogens with zero attached hydrogens (tertiary/aromatic N) is 1. The van der Waals surface area contributed by atoms with Crippen molar-refractivity contribution in [2.45, 2.75) is 59.3 Å². The van der Waals surface area contributed by atoms with Gasteiger partial charge in [-0.3, -0.25) is 0 Å². The maximum Gasteiger partial charge on any atom is 0.460 e. The first kappa shape index (κ1) is 37.5. The number of hydroxylamine groups is 3. The van der Waals surface area contributed by atoms with Crippen LogP contribution in [0.15, 0.2) is 0 Å². The zero-order chi connectivity index (χ0) is 32.3. The van der Waals surface area contributed by atoms with E-state index in [0.717, 1.165) is 14.1 Å². The molecule has 0 saturated heterocycles. The molecule has 0 aliphatic heterocycles. The van der Waals surface area contributed by atoms with E-state index in [2.05, 4.69) is 0 Å². The molecule has 0 fully saturated rings. The maximum atomic E-state index is 13.8. The lowest BCUT2D eigenvalue weighted by molar-refractivity contribution is -0.840. The van der Waals surface area contributed by atoms with Crippen LogP contribution in [0.1, 0.15) is 6.42 Å². The van der Waals surface area contributed by atoms with Crippen LogP contribution in [-0.4, -0.2) is 93.1 Å². The Morgan fingerprint density at radius 1 is 0.564 bits per heavy atom. The minimum Gasteiger partial charge on any atom is -0.633 e. The van der Waals surface area contributed by atoms with Crippen molar-refractivity contribution in [3.63, 3.8) is 0 Å². The fourth-order valence-electron chi connectivity index (χ4n) is 2.27. The molecule has 0 aliphatic carbocycles. The highest BCUT2D eigenvalue weighted by Gasteiger charge is 2.97. The first-order valence-corrected chi connectivity index (χ1v) is 10.6. The van der Waals surface area contributed by atoms with Gasteiger partial charge in [0.2, 0.25) is 0 Å². The fraction of sp³-hybridized carbons (Fsp3) is 1.00. The van der Waals surface area contributed by atoms with E-state index in [9.17, 15) is 97.0 Å². The van der Waals surface area contributed by atoms with Crippen LogP contribution in [-0.2, 0) is 10.0 Å². The van der Waals surface area contributed by atoms with E-state index in [1.165, 1.54) is 0 Å². The third-order valence-corrected chi connectivity index (χ3v) is 6.11. The zero-order valence-electron chi connectivity index (χ0n) is 18.4. The van der Waals surface area contributed by atoms with Gasteiger partial charge in [-0.1, -0.05) is 0 Å². The molecule has 0 aliphatic rings. The molecule has 0 bridgehead atoms. The Morgan fingerprint density at radius 2 is 0.846 bits per heavy atom. The number of nitrogens with one attached hydrogen (secondary N) is 1. The first-order chi connectivity index (χ1) is 16.5. The molecule has 1 N–H and O–H groups in total. The third kappa shape index (κ3) is 5.55. The summed E-state index contributed by atoms with van der Waals surface area (Å²) < 4.78 is 273. The number of sulfonamides is 1. The average Bonchev–Trinajstić information content (AvgIpc) is 2.68. The molecule has 236 valence electrons. The van der Waals surface area contributed by atoms with Gasteiger partial charge in [0.15, 0.2) is 0 Å². The highest BCUT2D eigenvalue weighted by molar-refractivity contribution is 7.90. The van der Waals surface area contributed by atoms with Crippen LogP contribution in [0.25, 0.3) is 0 Å². The molecule has 0 unspecified atom stereocenters. The van der Waals surface area contributed by atoms with Crippen molar-refractivity contribution in [1.29, 1.82) is 0 Å². The molecule has 0 spiro atoms. The molecule has 0 amide bonds. The summed E-state index contributed by atoms with van der Waals surface area (Å²) in [5, 5.41) is 3.48. The van der Waals surface area contributed by atoms with Gasteiger partial charge in [-0.15, -0.1) is 0 Å². The smallest absolute Gasteiger partial charge is 0.460 e. The predicted molar refractivity (Wildman–Crippen MR) is 87.5 cm³/mol. The summed E-state index contributed by atoms with van der Waals surface area (Å²) in [5.74, 6) is -62.0. The van der Waals surface area contributed by atoms with Crippen molar-refractivity contribution in [3.8, 4) is 0 Å². The lowest BCUT2D eigenvalue weighted by atomic mass is 9.89. The minimum absolute atomic E-state index is 0.367. The molecule has 0 atom stereocenters. The van der Waals surface area contributed by atoms with Crippen molar-refractivity contribution in [1.82, 2.24) is 4.72 Å². The van der Waals surface area contributed by atoms with E-state index in [0.29, 0.717) is 4.72 Å². The van der Waals surface area contributed by atoms with Gasteiger partial charge < -0.3 is 9.85 Å². The lowest BCUT2D eigenvalue weighted by Gasteiger charge is -2.43. The molecule has 0 radical (unpaired) electrons. The van der Waals surface area contributed by atoms with E-state index in [1.54, 1.807) is 0 Å². The van der Waals surface area contributed by atoms with E-state index in [4.69, 9.17) is 0 Å². The van der Waals surface area contributed by atoms with Gasteiger partial charge in [0.25, 0.3) is 10.0 Å².